The molecule has 2 nitrogen and oxygen atoms in total. The first-order valence-electron chi connectivity index (χ1n) is 5.94. The summed E-state index contributed by atoms with van der Waals surface area (Å²) in [7, 11) is 0. The standard InChI is InChI=1S/C15H13BrFNO/c16-13-6-3-5-12(10-13)15(19)18-9-8-11-4-1-2-7-14(11)17/h1-7,10H,8-9H2,(H,18,19). The fraction of sp³-hybridized carbons (Fsp3) is 0.133. The van der Waals surface area contributed by atoms with Crippen molar-refractivity contribution in [3.05, 3.63) is 69.9 Å². The minimum Gasteiger partial charge on any atom is -0.352 e. The van der Waals surface area contributed by atoms with E-state index in [4.69, 9.17) is 0 Å². The zero-order valence-corrected chi connectivity index (χ0v) is 11.8. The van der Waals surface area contributed by atoms with Crippen molar-refractivity contribution in [3.63, 3.8) is 0 Å². The molecule has 0 aliphatic rings. The molecule has 2 rings (SSSR count). The third-order valence-corrected chi connectivity index (χ3v) is 3.22. The molecular formula is C15H13BrFNO. The van der Waals surface area contributed by atoms with Gasteiger partial charge in [0.15, 0.2) is 0 Å². The van der Waals surface area contributed by atoms with Crippen LogP contribution in [0.3, 0.4) is 0 Å². The maximum atomic E-state index is 13.4. The van der Waals surface area contributed by atoms with E-state index < -0.39 is 0 Å². The molecule has 0 saturated heterocycles. The van der Waals surface area contributed by atoms with Gasteiger partial charge >= 0.3 is 0 Å². The summed E-state index contributed by atoms with van der Waals surface area (Å²) in [6.45, 7) is 0.409. The van der Waals surface area contributed by atoms with Crippen LogP contribution in [0.25, 0.3) is 0 Å². The van der Waals surface area contributed by atoms with Crippen molar-refractivity contribution in [2.75, 3.05) is 6.54 Å². The third kappa shape index (κ3) is 3.89. The van der Waals surface area contributed by atoms with Crippen molar-refractivity contribution < 1.29 is 9.18 Å². The molecule has 0 aliphatic carbocycles. The molecule has 0 aliphatic heterocycles. The average molecular weight is 322 g/mol. The first-order chi connectivity index (χ1) is 9.16. The maximum Gasteiger partial charge on any atom is 0.251 e. The summed E-state index contributed by atoms with van der Waals surface area (Å²) >= 11 is 3.32. The summed E-state index contributed by atoms with van der Waals surface area (Å²) in [5.41, 5.74) is 1.19. The Morgan fingerprint density at radius 1 is 1.16 bits per heavy atom. The second-order valence-electron chi connectivity index (χ2n) is 4.11. The molecule has 1 N–H and O–H groups in total. The Balaban J connectivity index is 1.90. The van der Waals surface area contributed by atoms with Crippen molar-refractivity contribution in [1.82, 2.24) is 5.32 Å². The lowest BCUT2D eigenvalue weighted by Crippen LogP contribution is -2.25. The van der Waals surface area contributed by atoms with Gasteiger partial charge in [0.25, 0.3) is 5.91 Å². The SMILES string of the molecule is O=C(NCCc1ccccc1F)c1cccc(Br)c1. The molecule has 0 heterocycles. The van der Waals surface area contributed by atoms with Crippen LogP contribution in [-0.2, 0) is 6.42 Å². The van der Waals surface area contributed by atoms with Gasteiger partial charge in [-0.05, 0) is 36.2 Å². The van der Waals surface area contributed by atoms with Crippen molar-refractivity contribution in [1.29, 1.82) is 0 Å². The van der Waals surface area contributed by atoms with Crippen molar-refractivity contribution in [2.24, 2.45) is 0 Å². The second kappa shape index (κ2) is 6.48. The number of nitrogens with one attached hydrogen (secondary N) is 1. The highest BCUT2D eigenvalue weighted by atomic mass is 79.9. The monoisotopic (exact) mass is 321 g/mol. The van der Waals surface area contributed by atoms with E-state index in [2.05, 4.69) is 21.2 Å². The lowest BCUT2D eigenvalue weighted by atomic mass is 10.1. The number of carbonyl (C=O) groups excluding carboxylic acids is 1. The van der Waals surface area contributed by atoms with Crippen molar-refractivity contribution >= 4 is 21.8 Å². The van der Waals surface area contributed by atoms with E-state index >= 15 is 0 Å². The van der Waals surface area contributed by atoms with Gasteiger partial charge in [-0.2, -0.15) is 0 Å². The molecule has 0 spiro atoms. The largest absolute Gasteiger partial charge is 0.352 e. The highest BCUT2D eigenvalue weighted by Crippen LogP contribution is 2.11. The summed E-state index contributed by atoms with van der Waals surface area (Å²) in [5.74, 6) is -0.392. The van der Waals surface area contributed by atoms with Gasteiger partial charge in [-0.15, -0.1) is 0 Å². The van der Waals surface area contributed by atoms with E-state index in [-0.39, 0.29) is 11.7 Å². The zero-order chi connectivity index (χ0) is 13.7. The lowest BCUT2D eigenvalue weighted by molar-refractivity contribution is 0.0954. The number of carbonyl (C=O) groups is 1. The maximum absolute atomic E-state index is 13.4. The summed E-state index contributed by atoms with van der Waals surface area (Å²) in [6, 6.07) is 13.7. The Kier molecular flexibility index (Phi) is 4.68. The highest BCUT2D eigenvalue weighted by Gasteiger charge is 2.06. The normalized spacial score (nSPS) is 10.2. The Hall–Kier alpha value is -1.68. The van der Waals surface area contributed by atoms with Gasteiger partial charge in [-0.1, -0.05) is 40.2 Å². The first kappa shape index (κ1) is 13.7. The van der Waals surface area contributed by atoms with E-state index in [0.717, 1.165) is 4.47 Å². The number of hydrogen-bond acceptors (Lipinski definition) is 1. The second-order valence-corrected chi connectivity index (χ2v) is 5.02. The van der Waals surface area contributed by atoms with E-state index in [0.29, 0.717) is 24.1 Å². The topological polar surface area (TPSA) is 29.1 Å². The van der Waals surface area contributed by atoms with Crippen LogP contribution in [0, 0.1) is 5.82 Å². The van der Waals surface area contributed by atoms with Crippen LogP contribution < -0.4 is 5.32 Å². The zero-order valence-electron chi connectivity index (χ0n) is 10.2. The summed E-state index contributed by atoms with van der Waals surface area (Å²) < 4.78 is 14.2. The Bertz CT molecular complexity index is 586. The number of halogens is 2. The van der Waals surface area contributed by atoms with Crippen molar-refractivity contribution in [2.45, 2.75) is 6.42 Å². The van der Waals surface area contributed by atoms with Crippen LogP contribution in [0.15, 0.2) is 53.0 Å². The predicted molar refractivity (Wildman–Crippen MR) is 76.6 cm³/mol. The Labute approximate surface area is 119 Å². The molecule has 0 bridgehead atoms. The number of benzene rings is 2. The van der Waals surface area contributed by atoms with E-state index in [9.17, 15) is 9.18 Å². The van der Waals surface area contributed by atoms with Gasteiger partial charge in [-0.3, -0.25) is 4.79 Å². The number of rotatable bonds is 4. The van der Waals surface area contributed by atoms with Crippen LogP contribution in [0.4, 0.5) is 4.39 Å². The van der Waals surface area contributed by atoms with Crippen molar-refractivity contribution in [3.8, 4) is 0 Å². The van der Waals surface area contributed by atoms with Gasteiger partial charge in [0.1, 0.15) is 5.82 Å². The van der Waals surface area contributed by atoms with E-state index in [1.54, 1.807) is 36.4 Å². The molecule has 2 aromatic carbocycles. The minimum absolute atomic E-state index is 0.155. The molecule has 0 aromatic heterocycles. The van der Waals surface area contributed by atoms with Gasteiger partial charge < -0.3 is 5.32 Å². The highest BCUT2D eigenvalue weighted by molar-refractivity contribution is 9.10. The van der Waals surface area contributed by atoms with E-state index in [1.165, 1.54) is 6.07 Å². The van der Waals surface area contributed by atoms with Crippen LogP contribution in [-0.4, -0.2) is 12.5 Å². The molecule has 0 fully saturated rings. The molecule has 2 aromatic rings. The predicted octanol–water partition coefficient (Wildman–Crippen LogP) is 3.56. The van der Waals surface area contributed by atoms with E-state index in [1.807, 2.05) is 6.07 Å². The Morgan fingerprint density at radius 2 is 1.95 bits per heavy atom. The van der Waals surface area contributed by atoms with Gasteiger partial charge in [0.05, 0.1) is 0 Å². The quantitative estimate of drug-likeness (QED) is 0.916. The molecule has 4 heteroatoms. The molecule has 98 valence electrons. The van der Waals surface area contributed by atoms with Gasteiger partial charge in [-0.25, -0.2) is 4.39 Å². The fourth-order valence-electron chi connectivity index (χ4n) is 1.74. The third-order valence-electron chi connectivity index (χ3n) is 2.72. The average Bonchev–Trinajstić information content (AvgIpc) is 2.41. The molecular weight excluding hydrogens is 309 g/mol. The molecule has 19 heavy (non-hydrogen) atoms. The van der Waals surface area contributed by atoms with Crippen LogP contribution in [0.2, 0.25) is 0 Å². The molecule has 1 amide bonds. The molecule has 0 unspecified atom stereocenters. The summed E-state index contributed by atoms with van der Waals surface area (Å²) in [6.07, 6.45) is 0.479. The fourth-order valence-corrected chi connectivity index (χ4v) is 2.14. The van der Waals surface area contributed by atoms with Crippen LogP contribution in [0.5, 0.6) is 0 Å². The summed E-state index contributed by atoms with van der Waals surface area (Å²) in [5, 5.41) is 2.78. The lowest BCUT2D eigenvalue weighted by Gasteiger charge is -2.06. The molecule has 0 radical (unpaired) electrons. The number of hydrogen-bond donors (Lipinski definition) is 1. The molecule has 0 saturated carbocycles. The van der Waals surface area contributed by atoms with Gasteiger partial charge in [0, 0.05) is 16.6 Å². The smallest absolute Gasteiger partial charge is 0.251 e. The summed E-state index contributed by atoms with van der Waals surface area (Å²) in [4.78, 5) is 11.8. The van der Waals surface area contributed by atoms with Gasteiger partial charge in [0.2, 0.25) is 0 Å². The number of amides is 1. The Morgan fingerprint density at radius 3 is 2.68 bits per heavy atom. The minimum atomic E-state index is -0.237. The first-order valence-corrected chi connectivity index (χ1v) is 6.73. The molecule has 0 atom stereocenters. The van der Waals surface area contributed by atoms with Crippen LogP contribution >= 0.6 is 15.9 Å². The van der Waals surface area contributed by atoms with Crippen LogP contribution in [0.1, 0.15) is 15.9 Å².